The highest BCUT2D eigenvalue weighted by Gasteiger charge is 2.16. The molecule has 0 aromatic carbocycles. The fraction of sp³-hybridized carbons (Fsp3) is 0.333. The number of aryl methyl sites for hydroxylation is 1. The average Bonchev–Trinajstić information content (AvgIpc) is 2.86. The quantitative estimate of drug-likeness (QED) is 0.747. The highest BCUT2D eigenvalue weighted by atomic mass is 16.6. The maximum atomic E-state index is 11.3. The molecule has 0 atom stereocenters. The van der Waals surface area contributed by atoms with Gasteiger partial charge in [0.25, 0.3) is 0 Å². The molecule has 2 aromatic heterocycles. The summed E-state index contributed by atoms with van der Waals surface area (Å²) in [5.41, 5.74) is 7.28. The van der Waals surface area contributed by atoms with Gasteiger partial charge in [-0.05, 0) is 6.92 Å². The lowest BCUT2D eigenvalue weighted by molar-refractivity contribution is 0.0594. The third kappa shape index (κ3) is 2.10. The Balaban J connectivity index is 2.24. The molecule has 0 aliphatic rings. The minimum Gasteiger partial charge on any atom is -0.464 e. The summed E-state index contributed by atoms with van der Waals surface area (Å²) in [6.45, 7) is 2.09. The van der Waals surface area contributed by atoms with Crippen molar-refractivity contribution in [3.63, 3.8) is 0 Å². The van der Waals surface area contributed by atoms with Gasteiger partial charge in [0.05, 0.1) is 19.3 Å². The molecule has 0 saturated carbocycles. The van der Waals surface area contributed by atoms with E-state index in [1.807, 2.05) is 0 Å². The minimum atomic E-state index is -0.573. The Hall–Kier alpha value is -2.38. The number of esters is 1. The van der Waals surface area contributed by atoms with Gasteiger partial charge in [0.15, 0.2) is 5.69 Å². The van der Waals surface area contributed by atoms with E-state index in [9.17, 15) is 4.79 Å². The van der Waals surface area contributed by atoms with E-state index in [1.54, 1.807) is 6.92 Å². The third-order valence-electron chi connectivity index (χ3n) is 2.23. The Morgan fingerprint density at radius 3 is 2.94 bits per heavy atom. The van der Waals surface area contributed by atoms with E-state index in [4.69, 9.17) is 5.73 Å². The van der Waals surface area contributed by atoms with Crippen LogP contribution in [0, 0.1) is 6.92 Å². The molecule has 90 valence electrons. The molecule has 0 aliphatic heterocycles. The van der Waals surface area contributed by atoms with Crippen LogP contribution in [0.1, 0.15) is 21.9 Å². The van der Waals surface area contributed by atoms with Crippen LogP contribution in [0.3, 0.4) is 0 Å². The number of aromatic nitrogens is 4. The SMILES string of the molecule is COC(=O)c1nn(Cc2nonc2C)cc1N. The van der Waals surface area contributed by atoms with Gasteiger partial charge in [0.1, 0.15) is 11.4 Å². The summed E-state index contributed by atoms with van der Waals surface area (Å²) in [4.78, 5) is 11.3. The molecule has 2 N–H and O–H groups in total. The van der Waals surface area contributed by atoms with Crippen LogP contribution >= 0.6 is 0 Å². The lowest BCUT2D eigenvalue weighted by Gasteiger charge is -1.96. The highest BCUT2D eigenvalue weighted by Crippen LogP contribution is 2.12. The van der Waals surface area contributed by atoms with Gasteiger partial charge in [0.2, 0.25) is 0 Å². The number of hydrogen-bond acceptors (Lipinski definition) is 7. The number of nitrogen functional groups attached to an aromatic ring is 1. The predicted octanol–water partition coefficient (Wildman–Crippen LogP) is -0.00838. The second-order valence-corrected chi connectivity index (χ2v) is 3.42. The second-order valence-electron chi connectivity index (χ2n) is 3.42. The number of nitrogens with zero attached hydrogens (tertiary/aromatic N) is 4. The first-order chi connectivity index (χ1) is 8.11. The van der Waals surface area contributed by atoms with Gasteiger partial charge in [-0.3, -0.25) is 4.68 Å². The van der Waals surface area contributed by atoms with Gasteiger partial charge in [0, 0.05) is 6.20 Å². The summed E-state index contributed by atoms with van der Waals surface area (Å²) in [5, 5.41) is 11.4. The van der Waals surface area contributed by atoms with E-state index in [2.05, 4.69) is 24.8 Å². The molecule has 2 heterocycles. The Morgan fingerprint density at radius 2 is 2.35 bits per heavy atom. The zero-order valence-corrected chi connectivity index (χ0v) is 9.38. The molecular formula is C9H11N5O3. The number of rotatable bonds is 3. The van der Waals surface area contributed by atoms with Crippen LogP contribution in [0.15, 0.2) is 10.8 Å². The van der Waals surface area contributed by atoms with Crippen molar-refractivity contribution in [3.05, 3.63) is 23.3 Å². The lowest BCUT2D eigenvalue weighted by Crippen LogP contribution is -2.07. The average molecular weight is 237 g/mol. The van der Waals surface area contributed by atoms with Crippen LogP contribution in [-0.2, 0) is 11.3 Å². The van der Waals surface area contributed by atoms with Crippen molar-refractivity contribution in [2.24, 2.45) is 0 Å². The van der Waals surface area contributed by atoms with Crippen molar-refractivity contribution in [2.45, 2.75) is 13.5 Å². The number of carbonyl (C=O) groups is 1. The fourth-order valence-corrected chi connectivity index (χ4v) is 1.32. The van der Waals surface area contributed by atoms with E-state index in [0.29, 0.717) is 17.9 Å². The lowest BCUT2D eigenvalue weighted by atomic mass is 10.3. The maximum absolute atomic E-state index is 11.3. The topological polar surface area (TPSA) is 109 Å². The fourth-order valence-electron chi connectivity index (χ4n) is 1.32. The zero-order valence-electron chi connectivity index (χ0n) is 9.38. The first-order valence-electron chi connectivity index (χ1n) is 4.81. The maximum Gasteiger partial charge on any atom is 0.360 e. The number of carbonyl (C=O) groups excluding carboxylic acids is 1. The second kappa shape index (κ2) is 4.24. The molecule has 8 nitrogen and oxygen atoms in total. The zero-order chi connectivity index (χ0) is 12.4. The molecule has 2 rings (SSSR count). The summed E-state index contributed by atoms with van der Waals surface area (Å²) in [5.74, 6) is -0.573. The largest absolute Gasteiger partial charge is 0.464 e. The van der Waals surface area contributed by atoms with Gasteiger partial charge >= 0.3 is 5.97 Å². The number of nitrogens with two attached hydrogens (primary N) is 1. The van der Waals surface area contributed by atoms with Crippen molar-refractivity contribution in [1.82, 2.24) is 20.1 Å². The minimum absolute atomic E-state index is 0.0848. The van der Waals surface area contributed by atoms with Gasteiger partial charge in [-0.1, -0.05) is 10.3 Å². The number of methoxy groups -OCH3 is 1. The molecule has 2 aromatic rings. The van der Waals surface area contributed by atoms with E-state index >= 15 is 0 Å². The monoisotopic (exact) mass is 237 g/mol. The first-order valence-corrected chi connectivity index (χ1v) is 4.81. The number of anilines is 1. The van der Waals surface area contributed by atoms with Crippen LogP contribution in [0.4, 0.5) is 5.69 Å². The molecule has 17 heavy (non-hydrogen) atoms. The van der Waals surface area contributed by atoms with Crippen LogP contribution in [0.2, 0.25) is 0 Å². The van der Waals surface area contributed by atoms with Crippen molar-refractivity contribution in [3.8, 4) is 0 Å². The van der Waals surface area contributed by atoms with Crippen molar-refractivity contribution in [2.75, 3.05) is 12.8 Å². The molecule has 0 bridgehead atoms. The highest BCUT2D eigenvalue weighted by molar-refractivity contribution is 5.92. The molecule has 0 fully saturated rings. The molecule has 8 heteroatoms. The number of hydrogen-bond donors (Lipinski definition) is 1. The number of ether oxygens (including phenoxy) is 1. The van der Waals surface area contributed by atoms with Crippen LogP contribution in [-0.4, -0.2) is 33.2 Å². The smallest absolute Gasteiger partial charge is 0.360 e. The Morgan fingerprint density at radius 1 is 1.59 bits per heavy atom. The normalized spacial score (nSPS) is 10.5. The molecule has 0 unspecified atom stereocenters. The van der Waals surface area contributed by atoms with Crippen LogP contribution in [0.25, 0.3) is 0 Å². The summed E-state index contributed by atoms with van der Waals surface area (Å²) in [6, 6.07) is 0. The molecular weight excluding hydrogens is 226 g/mol. The summed E-state index contributed by atoms with van der Waals surface area (Å²) >= 11 is 0. The van der Waals surface area contributed by atoms with E-state index in [0.717, 1.165) is 0 Å². The third-order valence-corrected chi connectivity index (χ3v) is 2.23. The van der Waals surface area contributed by atoms with Crippen molar-refractivity contribution < 1.29 is 14.2 Å². The predicted molar refractivity (Wildman–Crippen MR) is 56.1 cm³/mol. The molecule has 0 radical (unpaired) electrons. The summed E-state index contributed by atoms with van der Waals surface area (Å²) < 4.78 is 10.6. The Labute approximate surface area is 96.3 Å². The van der Waals surface area contributed by atoms with Crippen LogP contribution in [0.5, 0.6) is 0 Å². The van der Waals surface area contributed by atoms with E-state index in [1.165, 1.54) is 18.0 Å². The standard InChI is InChI=1S/C9H11N5O3/c1-5-7(13-17-12-5)4-14-3-6(10)8(11-14)9(15)16-2/h3H,4,10H2,1-2H3. The Bertz CT molecular complexity index is 545. The van der Waals surface area contributed by atoms with Crippen molar-refractivity contribution >= 4 is 11.7 Å². The van der Waals surface area contributed by atoms with Gasteiger partial charge in [-0.25, -0.2) is 9.42 Å². The molecule has 0 spiro atoms. The first kappa shape index (κ1) is 11.1. The van der Waals surface area contributed by atoms with E-state index < -0.39 is 5.97 Å². The molecule has 0 aliphatic carbocycles. The van der Waals surface area contributed by atoms with Crippen molar-refractivity contribution in [1.29, 1.82) is 0 Å². The van der Waals surface area contributed by atoms with Gasteiger partial charge < -0.3 is 10.5 Å². The van der Waals surface area contributed by atoms with Crippen LogP contribution < -0.4 is 5.73 Å². The molecule has 0 saturated heterocycles. The van der Waals surface area contributed by atoms with Gasteiger partial charge in [-0.2, -0.15) is 5.10 Å². The molecule has 0 amide bonds. The van der Waals surface area contributed by atoms with E-state index in [-0.39, 0.29) is 11.4 Å². The van der Waals surface area contributed by atoms with Gasteiger partial charge in [-0.15, -0.1) is 0 Å². The summed E-state index contributed by atoms with van der Waals surface area (Å²) in [6.07, 6.45) is 1.53. The summed E-state index contributed by atoms with van der Waals surface area (Å²) in [7, 11) is 1.27. The Kier molecular flexibility index (Phi) is 2.77.